The minimum absolute atomic E-state index is 0.187. The van der Waals surface area contributed by atoms with Gasteiger partial charge < -0.3 is 0 Å². The summed E-state index contributed by atoms with van der Waals surface area (Å²) in [6.45, 7) is 0. The zero-order chi connectivity index (χ0) is 22.6. The van der Waals surface area contributed by atoms with Gasteiger partial charge in [-0.15, -0.1) is 0 Å². The number of carbonyl (C=O) groups excluding carboxylic acids is 3. The van der Waals surface area contributed by atoms with Gasteiger partial charge in [0.05, 0.1) is 17.7 Å². The van der Waals surface area contributed by atoms with E-state index in [4.69, 9.17) is 5.21 Å². The standard InChI is InChI=1S/C22H24N2O6S/c1-24-19(25)14-22(15-20(24)26,21(27)23-28)31(29,30)18-12-10-17(11-13-18)9-5-8-16-6-3-2-4-7-16/h2-4,6-7,10-13,28H,5,8-9,14-15H2,1H3,(H,23,27). The summed E-state index contributed by atoms with van der Waals surface area (Å²) >= 11 is 0. The highest BCUT2D eigenvalue weighted by molar-refractivity contribution is 7.93. The van der Waals surface area contributed by atoms with Crippen molar-refractivity contribution >= 4 is 27.6 Å². The predicted octanol–water partition coefficient (Wildman–Crippen LogP) is 1.66. The Morgan fingerprint density at radius 3 is 2.00 bits per heavy atom. The van der Waals surface area contributed by atoms with Crippen molar-refractivity contribution < 1.29 is 28.0 Å². The van der Waals surface area contributed by atoms with Crippen molar-refractivity contribution in [3.8, 4) is 0 Å². The second-order valence-electron chi connectivity index (χ2n) is 7.62. The first-order valence-corrected chi connectivity index (χ1v) is 11.3. The van der Waals surface area contributed by atoms with E-state index in [-0.39, 0.29) is 4.90 Å². The largest absolute Gasteiger partial charge is 0.289 e. The molecule has 3 rings (SSSR count). The number of benzene rings is 2. The quantitative estimate of drug-likeness (QED) is 0.381. The van der Waals surface area contributed by atoms with Crippen LogP contribution in [0.1, 0.15) is 30.4 Å². The van der Waals surface area contributed by atoms with E-state index in [0.717, 1.165) is 29.7 Å². The molecule has 2 N–H and O–H groups in total. The Labute approximate surface area is 180 Å². The fraction of sp³-hybridized carbons (Fsp3) is 0.318. The molecule has 0 aliphatic carbocycles. The Balaban J connectivity index is 1.81. The Bertz CT molecular complexity index is 1060. The highest BCUT2D eigenvalue weighted by Gasteiger charge is 2.57. The average Bonchev–Trinajstić information content (AvgIpc) is 2.77. The summed E-state index contributed by atoms with van der Waals surface area (Å²) < 4.78 is 24.3. The molecule has 3 amide bonds. The van der Waals surface area contributed by atoms with E-state index < -0.39 is 45.1 Å². The van der Waals surface area contributed by atoms with Crippen LogP contribution >= 0.6 is 0 Å². The Hall–Kier alpha value is -3.04. The van der Waals surface area contributed by atoms with E-state index in [1.165, 1.54) is 30.2 Å². The molecule has 1 fully saturated rings. The van der Waals surface area contributed by atoms with Gasteiger partial charge in [0.15, 0.2) is 14.6 Å². The predicted molar refractivity (Wildman–Crippen MR) is 112 cm³/mol. The number of hydroxylamine groups is 1. The number of carbonyl (C=O) groups is 3. The van der Waals surface area contributed by atoms with Crippen molar-refractivity contribution in [2.75, 3.05) is 7.05 Å². The third-order valence-electron chi connectivity index (χ3n) is 5.66. The smallest absolute Gasteiger partial charge is 0.266 e. The van der Waals surface area contributed by atoms with Gasteiger partial charge in [0, 0.05) is 7.05 Å². The summed E-state index contributed by atoms with van der Waals surface area (Å²) in [5.74, 6) is -2.91. The molecule has 0 radical (unpaired) electrons. The molecule has 8 nitrogen and oxygen atoms in total. The van der Waals surface area contributed by atoms with E-state index in [0.29, 0.717) is 0 Å². The summed E-state index contributed by atoms with van der Waals surface area (Å²) in [4.78, 5) is 37.4. The maximum Gasteiger partial charge on any atom is 0.266 e. The van der Waals surface area contributed by atoms with Crippen LogP contribution in [0.25, 0.3) is 0 Å². The SMILES string of the molecule is CN1C(=O)CC(C(=O)NO)(S(=O)(=O)c2ccc(CCCc3ccccc3)cc2)CC1=O. The average molecular weight is 445 g/mol. The van der Waals surface area contributed by atoms with Crippen molar-refractivity contribution in [1.29, 1.82) is 0 Å². The van der Waals surface area contributed by atoms with Gasteiger partial charge in [-0.1, -0.05) is 42.5 Å². The number of nitrogens with one attached hydrogen (secondary N) is 1. The molecule has 0 bridgehead atoms. The summed E-state index contributed by atoms with van der Waals surface area (Å²) in [6.07, 6.45) is 1.03. The lowest BCUT2D eigenvalue weighted by molar-refractivity contribution is -0.151. The molecule has 31 heavy (non-hydrogen) atoms. The number of aryl methyl sites for hydroxylation is 2. The summed E-state index contributed by atoms with van der Waals surface area (Å²) in [6, 6.07) is 16.1. The normalized spacial score (nSPS) is 16.3. The van der Waals surface area contributed by atoms with Gasteiger partial charge in [-0.3, -0.25) is 24.5 Å². The number of imide groups is 1. The molecule has 1 aliphatic rings. The number of piperidine rings is 1. The Morgan fingerprint density at radius 2 is 1.48 bits per heavy atom. The van der Waals surface area contributed by atoms with Gasteiger partial charge in [-0.2, -0.15) is 0 Å². The Kier molecular flexibility index (Phi) is 6.56. The number of amides is 3. The van der Waals surface area contributed by atoms with Crippen LogP contribution in [0, 0.1) is 0 Å². The lowest BCUT2D eigenvalue weighted by Crippen LogP contribution is -2.60. The van der Waals surface area contributed by atoms with Gasteiger partial charge in [0.2, 0.25) is 11.8 Å². The van der Waals surface area contributed by atoms with Crippen molar-refractivity contribution in [3.63, 3.8) is 0 Å². The highest BCUT2D eigenvalue weighted by atomic mass is 32.2. The van der Waals surface area contributed by atoms with Crippen molar-refractivity contribution in [2.24, 2.45) is 0 Å². The number of hydrogen-bond acceptors (Lipinski definition) is 6. The third-order valence-corrected chi connectivity index (χ3v) is 8.05. The van der Waals surface area contributed by atoms with Crippen LogP contribution < -0.4 is 5.48 Å². The second kappa shape index (κ2) is 8.99. The molecule has 1 heterocycles. The summed E-state index contributed by atoms with van der Waals surface area (Å²) in [5, 5.41) is 9.14. The zero-order valence-electron chi connectivity index (χ0n) is 17.1. The molecule has 1 saturated heterocycles. The second-order valence-corrected chi connectivity index (χ2v) is 9.88. The fourth-order valence-electron chi connectivity index (χ4n) is 3.70. The maximum absolute atomic E-state index is 13.3. The highest BCUT2D eigenvalue weighted by Crippen LogP contribution is 2.36. The minimum Gasteiger partial charge on any atom is -0.289 e. The van der Waals surface area contributed by atoms with Gasteiger partial charge in [0.1, 0.15) is 0 Å². The molecule has 2 aromatic carbocycles. The van der Waals surface area contributed by atoms with E-state index in [1.54, 1.807) is 12.1 Å². The number of nitrogens with zero attached hydrogens (tertiary/aromatic N) is 1. The maximum atomic E-state index is 13.3. The molecule has 0 spiro atoms. The third kappa shape index (κ3) is 4.38. The van der Waals surface area contributed by atoms with Crippen molar-refractivity contribution in [1.82, 2.24) is 10.4 Å². The molecule has 0 aromatic heterocycles. The number of likely N-dealkylation sites (tertiary alicyclic amines) is 1. The van der Waals surface area contributed by atoms with Crippen LogP contribution in [0.4, 0.5) is 0 Å². The lowest BCUT2D eigenvalue weighted by Gasteiger charge is -2.36. The van der Waals surface area contributed by atoms with Crippen LogP contribution in [0.3, 0.4) is 0 Å². The van der Waals surface area contributed by atoms with Crippen molar-refractivity contribution in [2.45, 2.75) is 41.7 Å². The fourth-order valence-corrected chi connectivity index (χ4v) is 5.57. The van der Waals surface area contributed by atoms with Crippen LogP contribution in [0.2, 0.25) is 0 Å². The molecule has 0 saturated carbocycles. The molecule has 0 atom stereocenters. The molecule has 0 unspecified atom stereocenters. The van der Waals surface area contributed by atoms with Crippen molar-refractivity contribution in [3.05, 3.63) is 65.7 Å². The van der Waals surface area contributed by atoms with Gasteiger partial charge in [-0.05, 0) is 42.5 Å². The van der Waals surface area contributed by atoms with Crippen LogP contribution in [0.15, 0.2) is 59.5 Å². The molecule has 9 heteroatoms. The van der Waals surface area contributed by atoms with E-state index >= 15 is 0 Å². The van der Waals surface area contributed by atoms with E-state index in [1.807, 2.05) is 30.3 Å². The monoisotopic (exact) mass is 444 g/mol. The molecule has 1 aliphatic heterocycles. The Morgan fingerprint density at radius 1 is 0.968 bits per heavy atom. The summed E-state index contributed by atoms with van der Waals surface area (Å²) in [5.41, 5.74) is 3.46. The zero-order valence-corrected chi connectivity index (χ0v) is 17.9. The van der Waals surface area contributed by atoms with Gasteiger partial charge in [-0.25, -0.2) is 13.9 Å². The summed E-state index contributed by atoms with van der Waals surface area (Å²) in [7, 11) is -3.22. The van der Waals surface area contributed by atoms with Crippen LogP contribution in [-0.4, -0.2) is 48.0 Å². The first kappa shape index (κ1) is 22.6. The molecular formula is C22H24N2O6S. The molecular weight excluding hydrogens is 420 g/mol. The number of rotatable bonds is 7. The number of hydrogen-bond donors (Lipinski definition) is 2. The van der Waals surface area contributed by atoms with Gasteiger partial charge >= 0.3 is 0 Å². The molecule has 2 aromatic rings. The topological polar surface area (TPSA) is 121 Å². The lowest BCUT2D eigenvalue weighted by atomic mass is 9.94. The minimum atomic E-state index is -4.44. The first-order chi connectivity index (χ1) is 14.7. The van der Waals surface area contributed by atoms with Gasteiger partial charge in [0.25, 0.3) is 5.91 Å². The van der Waals surface area contributed by atoms with Crippen LogP contribution in [-0.2, 0) is 37.1 Å². The number of sulfone groups is 1. The first-order valence-electron chi connectivity index (χ1n) is 9.83. The van der Waals surface area contributed by atoms with E-state index in [2.05, 4.69) is 0 Å². The van der Waals surface area contributed by atoms with E-state index in [9.17, 15) is 22.8 Å². The molecule has 164 valence electrons. The van der Waals surface area contributed by atoms with Crippen LogP contribution in [0.5, 0.6) is 0 Å².